The molecule has 4 heteroatoms. The van der Waals surface area contributed by atoms with Crippen molar-refractivity contribution < 1.29 is 14.7 Å². The second kappa shape index (κ2) is 6.97. The molecule has 0 fully saturated rings. The van der Waals surface area contributed by atoms with Crippen molar-refractivity contribution in [3.05, 3.63) is 11.8 Å². The first kappa shape index (κ1) is 21.5. The van der Waals surface area contributed by atoms with Crippen molar-refractivity contribution in [3.63, 3.8) is 0 Å². The fourth-order valence-electron chi connectivity index (χ4n) is 3.18. The summed E-state index contributed by atoms with van der Waals surface area (Å²) in [6.07, 6.45) is 4.07. The van der Waals surface area contributed by atoms with Gasteiger partial charge in [0.1, 0.15) is 12.4 Å². The average molecular weight is 342 g/mol. The second-order valence-electron chi connectivity index (χ2n) is 9.92. The van der Waals surface area contributed by atoms with E-state index in [-0.39, 0.29) is 17.1 Å². The van der Waals surface area contributed by atoms with E-state index in [2.05, 4.69) is 41.5 Å². The van der Waals surface area contributed by atoms with E-state index < -0.39 is 11.1 Å². The Hall–Kier alpha value is -0.580. The van der Waals surface area contributed by atoms with Crippen LogP contribution in [0.1, 0.15) is 82.1 Å². The van der Waals surface area contributed by atoms with Crippen LogP contribution in [0.3, 0.4) is 0 Å². The maximum absolute atomic E-state index is 10.4. The zero-order chi connectivity index (χ0) is 19.0. The lowest BCUT2D eigenvalue weighted by molar-refractivity contribution is -0.193. The molecule has 0 radical (unpaired) electrons. The van der Waals surface area contributed by atoms with Gasteiger partial charge in [-0.3, -0.25) is 0 Å². The third-order valence-corrected chi connectivity index (χ3v) is 4.85. The molecule has 0 amide bonds. The molecule has 1 atom stereocenters. The molecule has 1 rings (SSSR count). The van der Waals surface area contributed by atoms with Gasteiger partial charge in [0.15, 0.2) is 0 Å². The molecule has 0 saturated heterocycles. The van der Waals surface area contributed by atoms with E-state index >= 15 is 0 Å². The van der Waals surface area contributed by atoms with Gasteiger partial charge in [-0.05, 0) is 66.4 Å². The van der Waals surface area contributed by atoms with E-state index in [1.165, 1.54) is 5.06 Å². The summed E-state index contributed by atoms with van der Waals surface area (Å²) in [7, 11) is 0. The highest BCUT2D eigenvalue weighted by molar-refractivity contribution is 5.25. The van der Waals surface area contributed by atoms with Crippen LogP contribution in [0.2, 0.25) is 0 Å². The van der Waals surface area contributed by atoms with Gasteiger partial charge in [0, 0.05) is 0 Å². The largest absolute Gasteiger partial charge is 0.493 e. The predicted octanol–water partition coefficient (Wildman–Crippen LogP) is 5.16. The highest BCUT2D eigenvalue weighted by atomic mass is 16.6. The molecule has 1 unspecified atom stereocenters. The van der Waals surface area contributed by atoms with Crippen molar-refractivity contribution in [2.75, 3.05) is 6.61 Å². The van der Waals surface area contributed by atoms with Crippen molar-refractivity contribution in [3.8, 4) is 0 Å². The van der Waals surface area contributed by atoms with Crippen LogP contribution in [0.25, 0.3) is 0 Å². The highest BCUT2D eigenvalue weighted by Crippen LogP contribution is 2.39. The first-order valence-electron chi connectivity index (χ1n) is 9.14. The standard InChI is InChI=1S/C20H39NO3/c1-11-18(5,6)12-15(24-17(2,3)4)14-23-16-13-19(7,8)21(22)20(16,9)10/h13,15,22H,11-12,14H2,1-10H3. The van der Waals surface area contributed by atoms with Crippen LogP contribution in [0, 0.1) is 5.41 Å². The molecular formula is C20H39NO3. The van der Waals surface area contributed by atoms with Gasteiger partial charge in [-0.1, -0.05) is 27.2 Å². The Labute approximate surface area is 149 Å². The summed E-state index contributed by atoms with van der Waals surface area (Å²) in [6, 6.07) is 0. The molecule has 0 aliphatic carbocycles. The molecule has 4 nitrogen and oxygen atoms in total. The zero-order valence-electron chi connectivity index (χ0n) is 17.5. The summed E-state index contributed by atoms with van der Waals surface area (Å²) in [6.45, 7) is 21.4. The van der Waals surface area contributed by atoms with Crippen LogP contribution in [0.5, 0.6) is 0 Å². The van der Waals surface area contributed by atoms with Gasteiger partial charge in [-0.15, -0.1) is 0 Å². The van der Waals surface area contributed by atoms with Gasteiger partial charge in [-0.25, -0.2) is 0 Å². The van der Waals surface area contributed by atoms with Crippen molar-refractivity contribution in [2.24, 2.45) is 5.41 Å². The topological polar surface area (TPSA) is 41.9 Å². The maximum atomic E-state index is 10.4. The molecule has 1 heterocycles. The Balaban J connectivity index is 2.85. The second-order valence-corrected chi connectivity index (χ2v) is 9.92. The van der Waals surface area contributed by atoms with Gasteiger partial charge in [0.2, 0.25) is 0 Å². The lowest BCUT2D eigenvalue weighted by Crippen LogP contribution is -2.48. The van der Waals surface area contributed by atoms with Crippen LogP contribution in [-0.4, -0.2) is 39.7 Å². The summed E-state index contributed by atoms with van der Waals surface area (Å²) in [5.74, 6) is 0.812. The Kier molecular flexibility index (Phi) is 6.23. The van der Waals surface area contributed by atoms with E-state index in [1.807, 2.05) is 33.8 Å². The SMILES string of the molecule is CCC(C)(C)CC(COC1=CC(C)(C)N(O)C1(C)C)OC(C)(C)C. The van der Waals surface area contributed by atoms with Gasteiger partial charge in [-0.2, -0.15) is 5.06 Å². The van der Waals surface area contributed by atoms with Crippen molar-refractivity contribution in [1.82, 2.24) is 5.06 Å². The molecule has 1 aliphatic heterocycles. The lowest BCUT2D eigenvalue weighted by Gasteiger charge is -2.36. The van der Waals surface area contributed by atoms with Gasteiger partial charge in [0.25, 0.3) is 0 Å². The van der Waals surface area contributed by atoms with Crippen LogP contribution in [0.4, 0.5) is 0 Å². The summed E-state index contributed by atoms with van der Waals surface area (Å²) in [5, 5.41) is 11.8. The first-order valence-corrected chi connectivity index (χ1v) is 9.14. The predicted molar refractivity (Wildman–Crippen MR) is 99.1 cm³/mol. The normalized spacial score (nSPS) is 22.4. The van der Waals surface area contributed by atoms with Crippen LogP contribution in [-0.2, 0) is 9.47 Å². The molecule has 0 aromatic rings. The van der Waals surface area contributed by atoms with E-state index in [9.17, 15) is 5.21 Å². The van der Waals surface area contributed by atoms with Crippen molar-refractivity contribution in [1.29, 1.82) is 0 Å². The number of rotatable bonds is 7. The van der Waals surface area contributed by atoms with Gasteiger partial charge < -0.3 is 14.7 Å². The Morgan fingerprint density at radius 1 is 1.12 bits per heavy atom. The molecule has 0 saturated carbocycles. The fourth-order valence-corrected chi connectivity index (χ4v) is 3.18. The lowest BCUT2D eigenvalue weighted by atomic mass is 9.84. The summed E-state index contributed by atoms with van der Waals surface area (Å²) < 4.78 is 12.4. The van der Waals surface area contributed by atoms with E-state index in [0.717, 1.165) is 18.6 Å². The number of hydrogen-bond donors (Lipinski definition) is 1. The molecule has 0 bridgehead atoms. The van der Waals surface area contributed by atoms with Gasteiger partial charge >= 0.3 is 0 Å². The Bertz CT molecular complexity index is 458. The minimum Gasteiger partial charge on any atom is -0.493 e. The quantitative estimate of drug-likeness (QED) is 0.694. The molecule has 1 N–H and O–H groups in total. The number of ether oxygens (including phenoxy) is 2. The zero-order valence-corrected chi connectivity index (χ0v) is 17.5. The van der Waals surface area contributed by atoms with E-state index in [4.69, 9.17) is 9.47 Å². The van der Waals surface area contributed by atoms with Crippen LogP contribution in [0.15, 0.2) is 11.8 Å². The molecule has 24 heavy (non-hydrogen) atoms. The monoisotopic (exact) mass is 341 g/mol. The van der Waals surface area contributed by atoms with Crippen LogP contribution < -0.4 is 0 Å². The first-order chi connectivity index (χ1) is 10.6. The summed E-state index contributed by atoms with van der Waals surface area (Å²) >= 11 is 0. The van der Waals surface area contributed by atoms with Crippen molar-refractivity contribution in [2.45, 2.75) is 105 Å². The van der Waals surface area contributed by atoms with Gasteiger partial charge in [0.05, 0.1) is 22.8 Å². The number of nitrogens with zero attached hydrogens (tertiary/aromatic N) is 1. The Morgan fingerprint density at radius 2 is 1.67 bits per heavy atom. The third-order valence-electron chi connectivity index (χ3n) is 4.85. The smallest absolute Gasteiger partial charge is 0.116 e. The third kappa shape index (κ3) is 5.47. The minimum absolute atomic E-state index is 0.0208. The van der Waals surface area contributed by atoms with E-state index in [0.29, 0.717) is 6.61 Å². The van der Waals surface area contributed by atoms with E-state index in [1.54, 1.807) is 0 Å². The highest BCUT2D eigenvalue weighted by Gasteiger charge is 2.47. The molecule has 0 spiro atoms. The van der Waals surface area contributed by atoms with Crippen molar-refractivity contribution >= 4 is 0 Å². The number of hydroxylamine groups is 2. The minimum atomic E-state index is -0.532. The molecule has 1 aliphatic rings. The Morgan fingerprint density at radius 3 is 2.04 bits per heavy atom. The number of hydrogen-bond acceptors (Lipinski definition) is 4. The fraction of sp³-hybridized carbons (Fsp3) is 0.900. The summed E-state index contributed by atoms with van der Waals surface area (Å²) in [5.41, 5.74) is -0.960. The molecule has 0 aromatic carbocycles. The molecule has 142 valence electrons. The molecule has 0 aromatic heterocycles. The maximum Gasteiger partial charge on any atom is 0.116 e. The molecular weight excluding hydrogens is 302 g/mol. The average Bonchev–Trinajstić information content (AvgIpc) is 2.54. The van der Waals surface area contributed by atoms with Crippen LogP contribution >= 0.6 is 0 Å². The summed E-state index contributed by atoms with van der Waals surface area (Å²) in [4.78, 5) is 0.